The Morgan fingerprint density at radius 3 is 2.38 bits per heavy atom. The molecule has 89 valence electrons. The lowest BCUT2D eigenvalue weighted by molar-refractivity contribution is 0.578. The van der Waals surface area contributed by atoms with E-state index in [0.717, 1.165) is 12.8 Å². The molecule has 1 aromatic carbocycles. The maximum Gasteiger partial charge on any atom is -0.0129 e. The Labute approximate surface area is 101 Å². The quantitative estimate of drug-likeness (QED) is 0.685. The zero-order valence-corrected chi connectivity index (χ0v) is 11.3. The second kappa shape index (κ2) is 5.52. The van der Waals surface area contributed by atoms with Crippen molar-refractivity contribution in [2.24, 2.45) is 0 Å². The predicted octanol–water partition coefficient (Wildman–Crippen LogP) is 4.70. The summed E-state index contributed by atoms with van der Waals surface area (Å²) in [5, 5.41) is 0. The summed E-state index contributed by atoms with van der Waals surface area (Å²) >= 11 is 0. The smallest absolute Gasteiger partial charge is 0.0129 e. The van der Waals surface area contributed by atoms with Gasteiger partial charge in [-0.1, -0.05) is 59.2 Å². The molecule has 0 aromatic heterocycles. The summed E-state index contributed by atoms with van der Waals surface area (Å²) in [6.45, 7) is 13.1. The summed E-state index contributed by atoms with van der Waals surface area (Å²) < 4.78 is 0. The second-order valence-corrected chi connectivity index (χ2v) is 5.50. The van der Waals surface area contributed by atoms with E-state index in [0.29, 0.717) is 0 Å². The van der Waals surface area contributed by atoms with Gasteiger partial charge in [-0.3, -0.25) is 0 Å². The van der Waals surface area contributed by atoms with Crippen LogP contribution in [0, 0.1) is 6.92 Å². The third kappa shape index (κ3) is 3.10. The normalized spacial score (nSPS) is 11.8. The maximum atomic E-state index is 3.95. The van der Waals surface area contributed by atoms with E-state index in [2.05, 4.69) is 52.8 Å². The first-order valence-electron chi connectivity index (χ1n) is 6.41. The van der Waals surface area contributed by atoms with Crippen LogP contribution in [0.2, 0.25) is 0 Å². The topological polar surface area (TPSA) is 0 Å². The van der Waals surface area contributed by atoms with Gasteiger partial charge in [0.1, 0.15) is 0 Å². The van der Waals surface area contributed by atoms with Crippen LogP contribution in [-0.2, 0) is 18.3 Å². The van der Waals surface area contributed by atoms with Crippen LogP contribution < -0.4 is 0 Å². The molecular weight excluding hydrogens is 192 g/mol. The summed E-state index contributed by atoms with van der Waals surface area (Å²) in [6, 6.07) is 6.76. The molecule has 0 aliphatic carbocycles. The number of hydrogen-bond acceptors (Lipinski definition) is 0. The van der Waals surface area contributed by atoms with E-state index in [9.17, 15) is 0 Å². The molecule has 0 bridgehead atoms. The zero-order chi connectivity index (χ0) is 12.2. The molecule has 0 nitrogen and oxygen atoms in total. The molecule has 0 fully saturated rings. The number of aryl methyl sites for hydroxylation is 1. The average molecular weight is 217 g/mol. The summed E-state index contributed by atoms with van der Waals surface area (Å²) in [7, 11) is 0. The van der Waals surface area contributed by atoms with Crippen LogP contribution in [-0.4, -0.2) is 0 Å². The van der Waals surface area contributed by atoms with Crippen LogP contribution >= 0.6 is 0 Å². The lowest BCUT2D eigenvalue weighted by Crippen LogP contribution is -2.15. The van der Waals surface area contributed by atoms with Crippen molar-refractivity contribution in [1.82, 2.24) is 0 Å². The first-order valence-corrected chi connectivity index (χ1v) is 6.41. The lowest BCUT2D eigenvalue weighted by atomic mass is 9.80. The van der Waals surface area contributed by atoms with Crippen molar-refractivity contribution in [3.63, 3.8) is 0 Å². The molecular formula is C16H25. The zero-order valence-electron chi connectivity index (χ0n) is 11.3. The highest BCUT2D eigenvalue weighted by molar-refractivity contribution is 5.39. The summed E-state index contributed by atoms with van der Waals surface area (Å²) in [6.07, 6.45) is 4.54. The maximum absolute atomic E-state index is 3.95. The molecule has 0 atom stereocenters. The van der Waals surface area contributed by atoms with E-state index in [1.165, 1.54) is 24.0 Å². The van der Waals surface area contributed by atoms with Crippen LogP contribution in [0.5, 0.6) is 0 Å². The first kappa shape index (κ1) is 13.3. The minimum Gasteiger partial charge on any atom is -0.0617 e. The van der Waals surface area contributed by atoms with Crippen LogP contribution in [0.3, 0.4) is 0 Å². The Hall–Kier alpha value is -0.780. The standard InChI is InChI=1S/C16H25/c1-6-8-11-14-13(7-2)10-9-12-15(14)16(3,4)5/h9-10,12H,1,6-8,11H2,2-5H3. The van der Waals surface area contributed by atoms with E-state index in [1.54, 1.807) is 5.56 Å². The largest absolute Gasteiger partial charge is 0.0617 e. The van der Waals surface area contributed by atoms with Gasteiger partial charge in [-0.05, 0) is 41.4 Å². The molecule has 0 aliphatic heterocycles. The third-order valence-corrected chi connectivity index (χ3v) is 3.14. The minimum atomic E-state index is 0.252. The van der Waals surface area contributed by atoms with E-state index in [-0.39, 0.29) is 5.41 Å². The third-order valence-electron chi connectivity index (χ3n) is 3.14. The molecule has 1 aromatic rings. The van der Waals surface area contributed by atoms with Crippen LogP contribution in [0.1, 0.15) is 57.2 Å². The molecule has 1 rings (SSSR count). The molecule has 0 N–H and O–H groups in total. The van der Waals surface area contributed by atoms with Gasteiger partial charge in [0.2, 0.25) is 0 Å². The Kier molecular flexibility index (Phi) is 4.58. The Morgan fingerprint density at radius 1 is 1.19 bits per heavy atom. The van der Waals surface area contributed by atoms with E-state index < -0.39 is 0 Å². The van der Waals surface area contributed by atoms with Crippen molar-refractivity contribution in [2.45, 2.75) is 58.8 Å². The van der Waals surface area contributed by atoms with Gasteiger partial charge in [-0.25, -0.2) is 0 Å². The highest BCUT2D eigenvalue weighted by Gasteiger charge is 2.18. The number of rotatable bonds is 4. The molecule has 1 radical (unpaired) electrons. The van der Waals surface area contributed by atoms with Gasteiger partial charge in [0.05, 0.1) is 0 Å². The van der Waals surface area contributed by atoms with Crippen LogP contribution in [0.15, 0.2) is 18.2 Å². The fraction of sp³-hybridized carbons (Fsp3) is 0.562. The molecule has 0 saturated heterocycles. The molecule has 0 spiro atoms. The Morgan fingerprint density at radius 2 is 1.88 bits per heavy atom. The molecule has 0 amide bonds. The molecule has 0 saturated carbocycles. The fourth-order valence-corrected chi connectivity index (χ4v) is 2.27. The van der Waals surface area contributed by atoms with Gasteiger partial charge in [0, 0.05) is 0 Å². The number of hydrogen-bond donors (Lipinski definition) is 0. The Balaban J connectivity index is 3.15. The van der Waals surface area contributed by atoms with E-state index >= 15 is 0 Å². The van der Waals surface area contributed by atoms with E-state index in [1.807, 2.05) is 0 Å². The van der Waals surface area contributed by atoms with Gasteiger partial charge < -0.3 is 0 Å². The van der Waals surface area contributed by atoms with Crippen molar-refractivity contribution in [2.75, 3.05) is 0 Å². The highest BCUT2D eigenvalue weighted by Crippen LogP contribution is 2.29. The summed E-state index contributed by atoms with van der Waals surface area (Å²) in [5.74, 6) is 0. The molecule has 0 heteroatoms. The average Bonchev–Trinajstić information content (AvgIpc) is 2.24. The van der Waals surface area contributed by atoms with Gasteiger partial charge in [0.15, 0.2) is 0 Å². The first-order chi connectivity index (χ1) is 7.50. The number of unbranched alkanes of at least 4 members (excludes halogenated alkanes) is 1. The Bertz CT molecular complexity index is 328. The number of benzene rings is 1. The molecule has 0 aliphatic rings. The van der Waals surface area contributed by atoms with Gasteiger partial charge >= 0.3 is 0 Å². The predicted molar refractivity (Wildman–Crippen MR) is 72.8 cm³/mol. The monoisotopic (exact) mass is 217 g/mol. The van der Waals surface area contributed by atoms with E-state index in [4.69, 9.17) is 0 Å². The molecule has 16 heavy (non-hydrogen) atoms. The van der Waals surface area contributed by atoms with Crippen LogP contribution in [0.4, 0.5) is 0 Å². The summed E-state index contributed by atoms with van der Waals surface area (Å²) in [5.41, 5.74) is 4.85. The van der Waals surface area contributed by atoms with Crippen LogP contribution in [0.25, 0.3) is 0 Å². The second-order valence-electron chi connectivity index (χ2n) is 5.50. The minimum absolute atomic E-state index is 0.252. The lowest BCUT2D eigenvalue weighted by Gasteiger charge is -2.25. The fourth-order valence-electron chi connectivity index (χ4n) is 2.27. The SMILES string of the molecule is [CH2]CCCc1c(CC)cccc1C(C)(C)C. The highest BCUT2D eigenvalue weighted by atomic mass is 14.2. The van der Waals surface area contributed by atoms with Crippen molar-refractivity contribution >= 4 is 0 Å². The van der Waals surface area contributed by atoms with Gasteiger partial charge in [0.25, 0.3) is 0 Å². The molecule has 0 heterocycles. The van der Waals surface area contributed by atoms with Crippen molar-refractivity contribution in [3.05, 3.63) is 41.8 Å². The van der Waals surface area contributed by atoms with Crippen molar-refractivity contribution < 1.29 is 0 Å². The molecule has 0 unspecified atom stereocenters. The van der Waals surface area contributed by atoms with Gasteiger partial charge in [-0.2, -0.15) is 0 Å². The van der Waals surface area contributed by atoms with Crippen molar-refractivity contribution in [1.29, 1.82) is 0 Å². The van der Waals surface area contributed by atoms with Gasteiger partial charge in [-0.15, -0.1) is 0 Å². The summed E-state index contributed by atoms with van der Waals surface area (Å²) in [4.78, 5) is 0. The van der Waals surface area contributed by atoms with Crippen molar-refractivity contribution in [3.8, 4) is 0 Å².